The molecule has 1 saturated heterocycles. The van der Waals surface area contributed by atoms with Crippen LogP contribution < -0.4 is 0 Å². The monoisotopic (exact) mass is 321 g/mol. The van der Waals surface area contributed by atoms with Crippen LogP contribution in [-0.2, 0) is 4.74 Å². The van der Waals surface area contributed by atoms with Crippen molar-refractivity contribution in [2.45, 2.75) is 38.7 Å². The van der Waals surface area contributed by atoms with Crippen LogP contribution in [0.15, 0.2) is 42.5 Å². The van der Waals surface area contributed by atoms with Crippen molar-refractivity contribution in [2.75, 3.05) is 6.61 Å². The van der Waals surface area contributed by atoms with Crippen molar-refractivity contribution in [3.05, 3.63) is 59.2 Å². The molecule has 124 valence electrons. The van der Waals surface area contributed by atoms with E-state index in [2.05, 4.69) is 65.7 Å². The maximum atomic E-state index is 6.30. The fraction of sp³-hybridized carbons (Fsp3) is 0.400. The van der Waals surface area contributed by atoms with Crippen molar-refractivity contribution in [1.82, 2.24) is 15.4 Å². The number of rotatable bonds is 3. The Balaban J connectivity index is 1.77. The van der Waals surface area contributed by atoms with E-state index >= 15 is 0 Å². The predicted molar refractivity (Wildman–Crippen MR) is 94.9 cm³/mol. The zero-order chi connectivity index (χ0) is 16.5. The molecule has 1 aromatic heterocycles. The molecule has 1 N–H and O–H groups in total. The molecule has 3 aromatic rings. The Morgan fingerprint density at radius 1 is 1.12 bits per heavy atom. The van der Waals surface area contributed by atoms with Crippen LogP contribution in [0.25, 0.3) is 11.0 Å². The molecule has 3 atom stereocenters. The van der Waals surface area contributed by atoms with E-state index in [-0.39, 0.29) is 6.10 Å². The fourth-order valence-electron chi connectivity index (χ4n) is 4.01. The Morgan fingerprint density at radius 3 is 2.79 bits per heavy atom. The van der Waals surface area contributed by atoms with Gasteiger partial charge in [-0.15, -0.1) is 0 Å². The Labute approximate surface area is 142 Å². The molecule has 0 aliphatic carbocycles. The summed E-state index contributed by atoms with van der Waals surface area (Å²) in [5.74, 6) is 0.889. The third kappa shape index (κ3) is 2.61. The number of hydrogen-bond acceptors (Lipinski definition) is 3. The number of fused-ring (bicyclic) bond motifs is 1. The molecule has 0 unspecified atom stereocenters. The topological polar surface area (TPSA) is 50.8 Å². The van der Waals surface area contributed by atoms with Crippen molar-refractivity contribution in [3.63, 3.8) is 0 Å². The minimum absolute atomic E-state index is 0.0720. The first-order valence-electron chi connectivity index (χ1n) is 8.72. The van der Waals surface area contributed by atoms with Crippen LogP contribution in [0, 0.1) is 12.8 Å². The van der Waals surface area contributed by atoms with Crippen LogP contribution >= 0.6 is 0 Å². The predicted octanol–water partition coefficient (Wildman–Crippen LogP) is 4.54. The first-order valence-corrected chi connectivity index (χ1v) is 8.72. The highest BCUT2D eigenvalue weighted by molar-refractivity contribution is 5.79. The molecular weight excluding hydrogens is 298 g/mol. The van der Waals surface area contributed by atoms with E-state index in [1.165, 1.54) is 23.1 Å². The summed E-state index contributed by atoms with van der Waals surface area (Å²) >= 11 is 0. The maximum absolute atomic E-state index is 6.30. The number of aromatic amines is 1. The Kier molecular flexibility index (Phi) is 4.07. The zero-order valence-electron chi connectivity index (χ0n) is 14.2. The molecule has 2 aromatic carbocycles. The molecule has 4 nitrogen and oxygen atoms in total. The van der Waals surface area contributed by atoms with Crippen LogP contribution in [0.2, 0.25) is 0 Å². The van der Waals surface area contributed by atoms with E-state index in [4.69, 9.17) is 4.74 Å². The average molecular weight is 321 g/mol. The zero-order valence-corrected chi connectivity index (χ0v) is 14.2. The molecule has 24 heavy (non-hydrogen) atoms. The molecule has 4 rings (SSSR count). The van der Waals surface area contributed by atoms with Gasteiger partial charge in [0.1, 0.15) is 11.0 Å². The van der Waals surface area contributed by atoms with Crippen molar-refractivity contribution in [1.29, 1.82) is 0 Å². The standard InChI is InChI=1S/C20H23N3O/c1-13-10-11-17-19(22-23-21-17)18(13)20-16(9-6-12-24-20)14(2)15-7-4-3-5-8-15/h3-5,7-8,10-11,14,16,20H,6,9,12H2,1-2H3,(H,21,22,23)/t14-,16-,20-/m0/s1. The summed E-state index contributed by atoms with van der Waals surface area (Å²) in [6.07, 6.45) is 2.36. The lowest BCUT2D eigenvalue weighted by molar-refractivity contribution is -0.0354. The van der Waals surface area contributed by atoms with Gasteiger partial charge >= 0.3 is 0 Å². The maximum Gasteiger partial charge on any atom is 0.119 e. The molecule has 1 fully saturated rings. The van der Waals surface area contributed by atoms with Gasteiger partial charge in [0.15, 0.2) is 0 Å². The first kappa shape index (κ1) is 15.3. The lowest BCUT2D eigenvalue weighted by Gasteiger charge is -2.37. The van der Waals surface area contributed by atoms with E-state index in [1.54, 1.807) is 0 Å². The van der Waals surface area contributed by atoms with Gasteiger partial charge in [-0.2, -0.15) is 15.4 Å². The van der Waals surface area contributed by atoms with Gasteiger partial charge in [-0.1, -0.05) is 43.3 Å². The van der Waals surface area contributed by atoms with E-state index in [9.17, 15) is 0 Å². The van der Waals surface area contributed by atoms with Crippen molar-refractivity contribution in [2.24, 2.45) is 5.92 Å². The smallest absolute Gasteiger partial charge is 0.119 e. The molecule has 2 heterocycles. The van der Waals surface area contributed by atoms with Gasteiger partial charge < -0.3 is 4.74 Å². The summed E-state index contributed by atoms with van der Waals surface area (Å²) in [4.78, 5) is 0. The summed E-state index contributed by atoms with van der Waals surface area (Å²) in [5, 5.41) is 11.4. The second-order valence-electron chi connectivity index (χ2n) is 6.78. The average Bonchev–Trinajstić information content (AvgIpc) is 3.10. The molecule has 0 saturated carbocycles. The fourth-order valence-corrected chi connectivity index (χ4v) is 4.01. The highest BCUT2D eigenvalue weighted by Gasteiger charge is 2.34. The number of aryl methyl sites for hydroxylation is 1. The lowest BCUT2D eigenvalue weighted by atomic mass is 9.76. The highest BCUT2D eigenvalue weighted by Crippen LogP contribution is 2.44. The lowest BCUT2D eigenvalue weighted by Crippen LogP contribution is -2.27. The molecular formula is C20H23N3O. The van der Waals surface area contributed by atoms with Gasteiger partial charge in [-0.05, 0) is 48.8 Å². The van der Waals surface area contributed by atoms with E-state index in [1.807, 2.05) is 6.07 Å². The largest absolute Gasteiger partial charge is 0.373 e. The van der Waals surface area contributed by atoms with Gasteiger partial charge in [-0.25, -0.2) is 0 Å². The van der Waals surface area contributed by atoms with Crippen LogP contribution in [0.4, 0.5) is 0 Å². The van der Waals surface area contributed by atoms with Gasteiger partial charge in [0.05, 0.1) is 6.10 Å². The van der Waals surface area contributed by atoms with Gasteiger partial charge in [-0.3, -0.25) is 0 Å². The van der Waals surface area contributed by atoms with Gasteiger partial charge in [0, 0.05) is 12.2 Å². The second kappa shape index (κ2) is 6.36. The Bertz CT molecular complexity index is 827. The number of H-pyrrole nitrogens is 1. The van der Waals surface area contributed by atoms with Crippen LogP contribution in [0.3, 0.4) is 0 Å². The third-order valence-electron chi connectivity index (χ3n) is 5.37. The number of aromatic nitrogens is 3. The normalized spacial score (nSPS) is 22.6. The minimum Gasteiger partial charge on any atom is -0.373 e. The van der Waals surface area contributed by atoms with Crippen molar-refractivity contribution >= 4 is 11.0 Å². The quantitative estimate of drug-likeness (QED) is 0.770. The summed E-state index contributed by atoms with van der Waals surface area (Å²) in [6, 6.07) is 14.9. The van der Waals surface area contributed by atoms with E-state index < -0.39 is 0 Å². The van der Waals surface area contributed by atoms with Crippen molar-refractivity contribution < 1.29 is 4.74 Å². The van der Waals surface area contributed by atoms with Crippen LogP contribution in [0.1, 0.15) is 48.5 Å². The molecule has 1 aliphatic heterocycles. The number of benzene rings is 2. The van der Waals surface area contributed by atoms with E-state index in [0.717, 1.165) is 24.1 Å². The van der Waals surface area contributed by atoms with Crippen molar-refractivity contribution in [3.8, 4) is 0 Å². The molecule has 0 amide bonds. The van der Waals surface area contributed by atoms with Gasteiger partial charge in [0.25, 0.3) is 0 Å². The summed E-state index contributed by atoms with van der Waals surface area (Å²) in [7, 11) is 0. The molecule has 4 heteroatoms. The van der Waals surface area contributed by atoms with E-state index in [0.29, 0.717) is 11.8 Å². The van der Waals surface area contributed by atoms with Crippen LogP contribution in [0.5, 0.6) is 0 Å². The number of nitrogens with one attached hydrogen (secondary N) is 1. The molecule has 0 radical (unpaired) electrons. The SMILES string of the molecule is Cc1ccc2n[nH]nc2c1[C@H]1OCCC[C@H]1[C@@H](C)c1ccccc1. The Hall–Kier alpha value is -2.20. The van der Waals surface area contributed by atoms with Gasteiger partial charge in [0.2, 0.25) is 0 Å². The first-order chi connectivity index (χ1) is 11.8. The third-order valence-corrected chi connectivity index (χ3v) is 5.37. The number of nitrogens with zero attached hydrogens (tertiary/aromatic N) is 2. The minimum atomic E-state index is 0.0720. The molecule has 0 spiro atoms. The Morgan fingerprint density at radius 2 is 1.96 bits per heavy atom. The number of hydrogen-bond donors (Lipinski definition) is 1. The molecule has 0 bridgehead atoms. The highest BCUT2D eigenvalue weighted by atomic mass is 16.5. The summed E-state index contributed by atoms with van der Waals surface area (Å²) in [6.45, 7) is 5.28. The summed E-state index contributed by atoms with van der Waals surface area (Å²) in [5.41, 5.74) is 5.67. The summed E-state index contributed by atoms with van der Waals surface area (Å²) < 4.78 is 6.30. The number of ether oxygens (including phenoxy) is 1. The molecule has 1 aliphatic rings. The second-order valence-corrected chi connectivity index (χ2v) is 6.78. The van der Waals surface area contributed by atoms with Crippen LogP contribution in [-0.4, -0.2) is 22.0 Å².